The van der Waals surface area contributed by atoms with Gasteiger partial charge in [0.2, 0.25) is 0 Å². The van der Waals surface area contributed by atoms with Crippen LogP contribution < -0.4 is 5.32 Å². The average molecular weight is 348 g/mol. The monoisotopic (exact) mass is 348 g/mol. The Bertz CT molecular complexity index is 507. The fourth-order valence-electron chi connectivity index (χ4n) is 4.26. The molecule has 0 aromatic heterocycles. The van der Waals surface area contributed by atoms with E-state index in [1.54, 1.807) is 0 Å². The van der Waals surface area contributed by atoms with E-state index in [0.717, 1.165) is 13.1 Å². The lowest BCUT2D eigenvalue weighted by Gasteiger charge is -2.32. The van der Waals surface area contributed by atoms with Crippen molar-refractivity contribution in [1.82, 2.24) is 10.2 Å². The summed E-state index contributed by atoms with van der Waals surface area (Å²) in [5, 5.41) is 23.8. The first-order valence-corrected chi connectivity index (χ1v) is 9.61. The van der Waals surface area contributed by atoms with Crippen molar-refractivity contribution in [3.63, 3.8) is 0 Å². The maximum absolute atomic E-state index is 10.7. The van der Waals surface area contributed by atoms with Crippen LogP contribution in [0.3, 0.4) is 0 Å². The standard InChI is InChI=1S/C20H32N2O3/c1-22(13-15-8-4-2-5-9-15)19-17(25-18(14-23)20(19)24)12-21-16-10-6-3-7-11-16/h2,4-5,8-9,16-21,23-24H,3,6-7,10-14H2,1H3. The molecule has 0 spiro atoms. The van der Waals surface area contributed by atoms with Gasteiger partial charge >= 0.3 is 0 Å². The number of nitrogens with zero attached hydrogens (tertiary/aromatic N) is 1. The first-order chi connectivity index (χ1) is 12.2. The summed E-state index contributed by atoms with van der Waals surface area (Å²) < 4.78 is 5.98. The molecule has 0 bridgehead atoms. The van der Waals surface area contributed by atoms with Crippen LogP contribution in [0, 0.1) is 0 Å². The second-order valence-electron chi connectivity index (χ2n) is 7.52. The predicted octanol–water partition coefficient (Wildman–Crippen LogP) is 1.53. The maximum Gasteiger partial charge on any atom is 0.109 e. The van der Waals surface area contributed by atoms with Crippen molar-refractivity contribution in [3.05, 3.63) is 35.9 Å². The number of hydrogen-bond acceptors (Lipinski definition) is 5. The van der Waals surface area contributed by atoms with E-state index in [0.29, 0.717) is 6.04 Å². The Morgan fingerprint density at radius 2 is 1.84 bits per heavy atom. The van der Waals surface area contributed by atoms with E-state index in [4.69, 9.17) is 4.74 Å². The molecule has 1 heterocycles. The zero-order valence-electron chi connectivity index (χ0n) is 15.2. The van der Waals surface area contributed by atoms with Crippen LogP contribution in [0.25, 0.3) is 0 Å². The molecule has 3 rings (SSSR count). The molecular formula is C20H32N2O3. The Morgan fingerprint density at radius 3 is 2.52 bits per heavy atom. The van der Waals surface area contributed by atoms with Gasteiger partial charge in [-0.3, -0.25) is 4.90 Å². The van der Waals surface area contributed by atoms with E-state index < -0.39 is 12.2 Å². The summed E-state index contributed by atoms with van der Waals surface area (Å²) in [6.07, 6.45) is 5.10. The molecule has 1 aliphatic heterocycles. The van der Waals surface area contributed by atoms with Crippen LogP contribution in [-0.2, 0) is 11.3 Å². The second kappa shape index (κ2) is 9.10. The van der Waals surface area contributed by atoms with Gasteiger partial charge in [0.05, 0.1) is 18.8 Å². The van der Waals surface area contributed by atoms with E-state index in [9.17, 15) is 10.2 Å². The minimum absolute atomic E-state index is 0.109. The lowest BCUT2D eigenvalue weighted by atomic mass is 9.95. The smallest absolute Gasteiger partial charge is 0.109 e. The largest absolute Gasteiger partial charge is 0.394 e. The van der Waals surface area contributed by atoms with Gasteiger partial charge in [-0.05, 0) is 25.5 Å². The third-order valence-corrected chi connectivity index (χ3v) is 5.64. The van der Waals surface area contributed by atoms with Gasteiger partial charge < -0.3 is 20.3 Å². The van der Waals surface area contributed by atoms with Gasteiger partial charge in [-0.25, -0.2) is 0 Å². The Kier molecular flexibility index (Phi) is 6.84. The van der Waals surface area contributed by atoms with Gasteiger partial charge in [-0.1, -0.05) is 49.6 Å². The van der Waals surface area contributed by atoms with Crippen LogP contribution in [0.2, 0.25) is 0 Å². The molecule has 4 atom stereocenters. The fourth-order valence-corrected chi connectivity index (χ4v) is 4.26. The molecule has 1 aromatic carbocycles. The Balaban J connectivity index is 1.62. The summed E-state index contributed by atoms with van der Waals surface area (Å²) in [6, 6.07) is 10.7. The van der Waals surface area contributed by atoms with E-state index in [-0.39, 0.29) is 18.8 Å². The van der Waals surface area contributed by atoms with E-state index in [2.05, 4.69) is 22.3 Å². The van der Waals surface area contributed by atoms with Crippen molar-refractivity contribution in [1.29, 1.82) is 0 Å². The lowest BCUT2D eigenvalue weighted by molar-refractivity contribution is -0.0220. The summed E-state index contributed by atoms with van der Waals surface area (Å²) in [7, 11) is 2.03. The van der Waals surface area contributed by atoms with Gasteiger partial charge in [-0.2, -0.15) is 0 Å². The first-order valence-electron chi connectivity index (χ1n) is 9.61. The number of ether oxygens (including phenoxy) is 1. The molecule has 1 saturated heterocycles. The quantitative estimate of drug-likeness (QED) is 0.697. The van der Waals surface area contributed by atoms with Gasteiger partial charge in [0.15, 0.2) is 0 Å². The SMILES string of the molecule is CN(Cc1ccccc1)C1C(CNC2CCCCC2)OC(CO)C1O. The Hall–Kier alpha value is -0.980. The number of benzene rings is 1. The molecule has 5 nitrogen and oxygen atoms in total. The van der Waals surface area contributed by atoms with Crippen LogP contribution in [0.4, 0.5) is 0 Å². The minimum Gasteiger partial charge on any atom is -0.394 e. The third kappa shape index (κ3) is 4.80. The van der Waals surface area contributed by atoms with Crippen LogP contribution in [0.1, 0.15) is 37.7 Å². The summed E-state index contributed by atoms with van der Waals surface area (Å²) in [4.78, 5) is 2.16. The maximum atomic E-state index is 10.7. The summed E-state index contributed by atoms with van der Waals surface area (Å²) in [6.45, 7) is 1.34. The average Bonchev–Trinajstić information content (AvgIpc) is 2.97. The summed E-state index contributed by atoms with van der Waals surface area (Å²) in [5.41, 5.74) is 1.21. The minimum atomic E-state index is -0.670. The Morgan fingerprint density at radius 1 is 1.12 bits per heavy atom. The zero-order valence-corrected chi connectivity index (χ0v) is 15.2. The number of rotatable bonds is 7. The number of nitrogens with one attached hydrogen (secondary N) is 1. The lowest BCUT2D eigenvalue weighted by Crippen LogP contribution is -2.50. The molecule has 2 fully saturated rings. The van der Waals surface area contributed by atoms with Crippen molar-refractivity contribution < 1.29 is 14.9 Å². The molecular weight excluding hydrogens is 316 g/mol. The number of aliphatic hydroxyl groups is 2. The predicted molar refractivity (Wildman–Crippen MR) is 98.3 cm³/mol. The highest BCUT2D eigenvalue weighted by Crippen LogP contribution is 2.27. The first kappa shape index (κ1) is 18.8. The van der Waals surface area contributed by atoms with Crippen molar-refractivity contribution in [2.45, 2.75) is 69.0 Å². The van der Waals surface area contributed by atoms with Gasteiger partial charge in [-0.15, -0.1) is 0 Å². The van der Waals surface area contributed by atoms with Gasteiger partial charge in [0.25, 0.3) is 0 Å². The molecule has 2 aliphatic rings. The van der Waals surface area contributed by atoms with Gasteiger partial charge in [0.1, 0.15) is 12.2 Å². The zero-order chi connectivity index (χ0) is 17.6. The molecule has 1 aliphatic carbocycles. The van der Waals surface area contributed by atoms with Crippen molar-refractivity contribution >= 4 is 0 Å². The van der Waals surface area contributed by atoms with Crippen molar-refractivity contribution in [3.8, 4) is 0 Å². The molecule has 5 heteroatoms. The molecule has 3 N–H and O–H groups in total. The van der Waals surface area contributed by atoms with E-state index in [1.165, 1.54) is 37.7 Å². The fraction of sp³-hybridized carbons (Fsp3) is 0.700. The normalized spacial score (nSPS) is 30.9. The highest BCUT2D eigenvalue weighted by molar-refractivity contribution is 5.15. The van der Waals surface area contributed by atoms with Crippen LogP contribution in [-0.4, -0.2) is 65.7 Å². The summed E-state index contributed by atoms with van der Waals surface area (Å²) >= 11 is 0. The number of aliphatic hydroxyl groups excluding tert-OH is 2. The topological polar surface area (TPSA) is 65.0 Å². The van der Waals surface area contributed by atoms with Crippen molar-refractivity contribution in [2.24, 2.45) is 0 Å². The molecule has 25 heavy (non-hydrogen) atoms. The molecule has 1 aromatic rings. The molecule has 4 unspecified atom stereocenters. The number of hydrogen-bond donors (Lipinski definition) is 3. The molecule has 1 saturated carbocycles. The Labute approximate surface area is 151 Å². The highest BCUT2D eigenvalue weighted by atomic mass is 16.5. The summed E-state index contributed by atoms with van der Waals surface area (Å²) in [5.74, 6) is 0. The highest BCUT2D eigenvalue weighted by Gasteiger charge is 2.45. The molecule has 140 valence electrons. The van der Waals surface area contributed by atoms with Crippen LogP contribution in [0.15, 0.2) is 30.3 Å². The van der Waals surface area contributed by atoms with E-state index in [1.807, 2.05) is 25.2 Å². The molecule has 0 radical (unpaired) electrons. The number of likely N-dealkylation sites (N-methyl/N-ethyl adjacent to an activating group) is 1. The van der Waals surface area contributed by atoms with E-state index >= 15 is 0 Å². The second-order valence-corrected chi connectivity index (χ2v) is 7.52. The molecule has 0 amide bonds. The van der Waals surface area contributed by atoms with Gasteiger partial charge in [0, 0.05) is 19.1 Å². The third-order valence-electron chi connectivity index (χ3n) is 5.64. The van der Waals surface area contributed by atoms with Crippen LogP contribution in [0.5, 0.6) is 0 Å². The van der Waals surface area contributed by atoms with Crippen molar-refractivity contribution in [2.75, 3.05) is 20.2 Å². The van der Waals surface area contributed by atoms with Crippen LogP contribution >= 0.6 is 0 Å².